The summed E-state index contributed by atoms with van der Waals surface area (Å²) in [5.74, 6) is -0.0607. The lowest BCUT2D eigenvalue weighted by Crippen LogP contribution is -2.31. The summed E-state index contributed by atoms with van der Waals surface area (Å²) in [4.78, 5) is 11.3. The maximum absolute atomic E-state index is 13.9. The van der Waals surface area contributed by atoms with E-state index in [0.29, 0.717) is 17.2 Å². The summed E-state index contributed by atoms with van der Waals surface area (Å²) in [7, 11) is 0. The molecule has 34 heavy (non-hydrogen) atoms. The van der Waals surface area contributed by atoms with E-state index in [1.807, 2.05) is 0 Å². The zero-order valence-electron chi connectivity index (χ0n) is 18.9. The SMILES string of the molecule is CC(C)(c1ccc(O)cc1)c1c([N+](=O)[O-])cc(C(F)(F)F)c(Cl)c1C(C)(C)c1ccc(O)cc1. The van der Waals surface area contributed by atoms with Gasteiger partial charge in [-0.2, -0.15) is 13.2 Å². The molecule has 0 fully saturated rings. The Hall–Kier alpha value is -3.26. The standard InChI is InChI=1S/C25H23ClF3NO4/c1-23(2,14-5-9-16(31)10-6-14)20-19(30(33)34)13-18(25(27,28)29)22(26)21(20)24(3,4)15-7-11-17(32)12-8-15/h5-13,31-32H,1-4H3. The third-order valence-electron chi connectivity index (χ3n) is 6.17. The van der Waals surface area contributed by atoms with E-state index < -0.39 is 38.2 Å². The smallest absolute Gasteiger partial charge is 0.418 e. The fourth-order valence-corrected chi connectivity index (χ4v) is 4.75. The van der Waals surface area contributed by atoms with Crippen LogP contribution in [0.2, 0.25) is 5.02 Å². The van der Waals surface area contributed by atoms with Crippen LogP contribution in [0.5, 0.6) is 11.5 Å². The maximum Gasteiger partial charge on any atom is 0.418 e. The number of rotatable bonds is 5. The molecule has 0 saturated heterocycles. The number of benzene rings is 3. The van der Waals surface area contributed by atoms with Gasteiger partial charge in [0.2, 0.25) is 0 Å². The largest absolute Gasteiger partial charge is 0.508 e. The number of hydrogen-bond donors (Lipinski definition) is 2. The molecule has 0 amide bonds. The molecule has 0 atom stereocenters. The van der Waals surface area contributed by atoms with Gasteiger partial charge in [-0.1, -0.05) is 63.6 Å². The molecule has 0 unspecified atom stereocenters. The molecule has 3 aromatic rings. The lowest BCUT2D eigenvalue weighted by atomic mass is 9.67. The van der Waals surface area contributed by atoms with E-state index in [9.17, 15) is 33.5 Å². The number of alkyl halides is 3. The summed E-state index contributed by atoms with van der Waals surface area (Å²) < 4.78 is 41.8. The number of nitro groups is 1. The predicted molar refractivity (Wildman–Crippen MR) is 124 cm³/mol. The molecule has 0 aliphatic carbocycles. The summed E-state index contributed by atoms with van der Waals surface area (Å²) in [6.07, 6.45) is -4.93. The number of halogens is 4. The quantitative estimate of drug-likeness (QED) is 0.288. The highest BCUT2D eigenvalue weighted by Gasteiger charge is 2.45. The highest BCUT2D eigenvalue weighted by atomic mass is 35.5. The molecule has 0 aliphatic rings. The molecular formula is C25H23ClF3NO4. The molecular weight excluding hydrogens is 471 g/mol. The third-order valence-corrected chi connectivity index (χ3v) is 6.57. The first-order chi connectivity index (χ1) is 15.6. The van der Waals surface area contributed by atoms with E-state index >= 15 is 0 Å². The first-order valence-corrected chi connectivity index (χ1v) is 10.6. The van der Waals surface area contributed by atoms with Gasteiger partial charge in [-0.15, -0.1) is 0 Å². The van der Waals surface area contributed by atoms with E-state index in [2.05, 4.69) is 0 Å². The molecule has 0 saturated carbocycles. The minimum Gasteiger partial charge on any atom is -0.508 e. The van der Waals surface area contributed by atoms with Crippen LogP contribution in [-0.2, 0) is 17.0 Å². The van der Waals surface area contributed by atoms with Crippen LogP contribution in [0.3, 0.4) is 0 Å². The second-order valence-electron chi connectivity index (χ2n) is 9.11. The number of nitro benzene ring substituents is 1. The molecule has 3 rings (SSSR count). The Labute approximate surface area is 199 Å². The average Bonchev–Trinajstić information content (AvgIpc) is 2.72. The van der Waals surface area contributed by atoms with Crippen molar-refractivity contribution in [3.63, 3.8) is 0 Å². The molecule has 0 aliphatic heterocycles. The fraction of sp³-hybridized carbons (Fsp3) is 0.280. The van der Waals surface area contributed by atoms with Crippen LogP contribution in [0.15, 0.2) is 54.6 Å². The molecule has 180 valence electrons. The first kappa shape index (κ1) is 25.4. The highest BCUT2D eigenvalue weighted by Crippen LogP contribution is 2.52. The number of nitrogens with zero attached hydrogens (tertiary/aromatic N) is 1. The van der Waals surface area contributed by atoms with Gasteiger partial charge in [0.15, 0.2) is 0 Å². The van der Waals surface area contributed by atoms with E-state index in [1.54, 1.807) is 39.8 Å². The van der Waals surface area contributed by atoms with Gasteiger partial charge >= 0.3 is 6.18 Å². The van der Waals surface area contributed by atoms with Gasteiger partial charge in [0.25, 0.3) is 5.69 Å². The summed E-state index contributed by atoms with van der Waals surface area (Å²) in [6.45, 7) is 6.56. The molecule has 9 heteroatoms. The topological polar surface area (TPSA) is 83.6 Å². The maximum atomic E-state index is 13.9. The normalized spacial score (nSPS) is 12.6. The molecule has 3 aromatic carbocycles. The number of phenols is 2. The van der Waals surface area contributed by atoms with Crippen molar-refractivity contribution >= 4 is 17.3 Å². The van der Waals surface area contributed by atoms with Crippen molar-refractivity contribution in [2.45, 2.75) is 44.7 Å². The Kier molecular flexibility index (Phi) is 6.35. The summed E-state index contributed by atoms with van der Waals surface area (Å²) in [5.41, 5.74) is -3.38. The lowest BCUT2D eigenvalue weighted by molar-refractivity contribution is -0.386. The lowest BCUT2D eigenvalue weighted by Gasteiger charge is -2.36. The van der Waals surface area contributed by atoms with Crippen LogP contribution in [0.1, 0.15) is 55.5 Å². The molecule has 0 aromatic heterocycles. The molecule has 5 nitrogen and oxygen atoms in total. The Morgan fingerprint density at radius 3 is 1.53 bits per heavy atom. The number of phenolic OH excluding ortho intramolecular Hbond substituents is 2. The zero-order valence-corrected chi connectivity index (χ0v) is 19.6. The Balaban J connectivity index is 2.51. The van der Waals surface area contributed by atoms with Crippen molar-refractivity contribution in [1.29, 1.82) is 0 Å². The van der Waals surface area contributed by atoms with E-state index in [1.165, 1.54) is 36.4 Å². The van der Waals surface area contributed by atoms with Crippen molar-refractivity contribution in [3.8, 4) is 11.5 Å². The highest BCUT2D eigenvalue weighted by molar-refractivity contribution is 6.32. The van der Waals surface area contributed by atoms with Crippen molar-refractivity contribution in [1.82, 2.24) is 0 Å². The monoisotopic (exact) mass is 493 g/mol. The van der Waals surface area contributed by atoms with Crippen LogP contribution in [0.4, 0.5) is 18.9 Å². The summed E-state index contributed by atoms with van der Waals surface area (Å²) in [5, 5.41) is 30.9. The van der Waals surface area contributed by atoms with Crippen LogP contribution in [-0.4, -0.2) is 15.1 Å². The molecule has 2 N–H and O–H groups in total. The molecule has 0 spiro atoms. The van der Waals surface area contributed by atoms with Crippen LogP contribution in [0.25, 0.3) is 0 Å². The second kappa shape index (κ2) is 8.51. The van der Waals surface area contributed by atoms with Crippen LogP contribution >= 0.6 is 11.6 Å². The summed E-state index contributed by atoms with van der Waals surface area (Å²) >= 11 is 6.43. The van der Waals surface area contributed by atoms with Crippen molar-refractivity contribution < 1.29 is 28.3 Å². The van der Waals surface area contributed by atoms with Gasteiger partial charge in [-0.3, -0.25) is 10.1 Å². The minimum atomic E-state index is -4.93. The van der Waals surface area contributed by atoms with Gasteiger partial charge in [0.05, 0.1) is 15.5 Å². The van der Waals surface area contributed by atoms with Gasteiger partial charge in [0, 0.05) is 22.5 Å². The Morgan fingerprint density at radius 2 is 1.18 bits per heavy atom. The van der Waals surface area contributed by atoms with Gasteiger partial charge < -0.3 is 10.2 Å². The van der Waals surface area contributed by atoms with Gasteiger partial charge in [-0.05, 0) is 41.0 Å². The predicted octanol–water partition coefficient (Wildman–Crippen LogP) is 7.33. The Bertz CT molecular complexity index is 1240. The minimum absolute atomic E-state index is 0.0239. The van der Waals surface area contributed by atoms with Gasteiger partial charge in [0.1, 0.15) is 11.5 Å². The molecule has 0 radical (unpaired) electrons. The number of aromatic hydroxyl groups is 2. The Morgan fingerprint density at radius 1 is 0.794 bits per heavy atom. The average molecular weight is 494 g/mol. The van der Waals surface area contributed by atoms with Crippen molar-refractivity contribution in [2.24, 2.45) is 0 Å². The fourth-order valence-electron chi connectivity index (χ4n) is 4.26. The van der Waals surface area contributed by atoms with Crippen molar-refractivity contribution in [3.05, 3.63) is 97.6 Å². The second-order valence-corrected chi connectivity index (χ2v) is 9.48. The van der Waals surface area contributed by atoms with Crippen LogP contribution < -0.4 is 0 Å². The van der Waals surface area contributed by atoms with E-state index in [0.717, 1.165) is 0 Å². The zero-order chi connectivity index (χ0) is 25.6. The van der Waals surface area contributed by atoms with Crippen molar-refractivity contribution in [2.75, 3.05) is 0 Å². The van der Waals surface area contributed by atoms with E-state index in [4.69, 9.17) is 11.6 Å². The molecule has 0 heterocycles. The number of hydrogen-bond acceptors (Lipinski definition) is 4. The molecule has 0 bridgehead atoms. The van der Waals surface area contributed by atoms with Crippen LogP contribution in [0, 0.1) is 10.1 Å². The first-order valence-electron chi connectivity index (χ1n) is 10.3. The third kappa shape index (κ3) is 4.42. The van der Waals surface area contributed by atoms with E-state index in [-0.39, 0.29) is 22.6 Å². The summed E-state index contributed by atoms with van der Waals surface area (Å²) in [6, 6.07) is 12.2. The van der Waals surface area contributed by atoms with Gasteiger partial charge in [-0.25, -0.2) is 0 Å².